The van der Waals surface area contributed by atoms with E-state index in [1.165, 1.54) is 12.1 Å². The first-order valence-corrected chi connectivity index (χ1v) is 11.3. The molecule has 1 amide bonds. The van der Waals surface area contributed by atoms with Gasteiger partial charge in [0.25, 0.3) is 0 Å². The van der Waals surface area contributed by atoms with E-state index in [4.69, 9.17) is 4.74 Å². The number of carbonyl (C=O) groups is 1. The maximum absolute atomic E-state index is 12.9. The van der Waals surface area contributed by atoms with Crippen molar-refractivity contribution in [2.24, 2.45) is 0 Å². The summed E-state index contributed by atoms with van der Waals surface area (Å²) in [4.78, 5) is 12.3. The second-order valence-electron chi connectivity index (χ2n) is 7.48. The van der Waals surface area contributed by atoms with E-state index in [0.29, 0.717) is 10.8 Å². The molecular weight excluding hydrogens is 481 g/mol. The number of carbonyl (C=O) groups excluding carboxylic acids is 1. The number of hydrogen-bond donors (Lipinski definition) is 1. The predicted octanol–water partition coefficient (Wildman–Crippen LogP) is 4.80. The van der Waals surface area contributed by atoms with Crippen molar-refractivity contribution in [1.29, 1.82) is 0 Å². The highest BCUT2D eigenvalue weighted by Gasteiger charge is 2.30. The van der Waals surface area contributed by atoms with Gasteiger partial charge < -0.3 is 10.1 Å². The third kappa shape index (κ3) is 4.64. The number of halogens is 3. The number of thioether (sulfide) groups is 1. The summed E-state index contributed by atoms with van der Waals surface area (Å²) in [5.41, 5.74) is 2.19. The maximum atomic E-state index is 12.9. The lowest BCUT2D eigenvalue weighted by molar-refractivity contribution is -0.137. The van der Waals surface area contributed by atoms with Gasteiger partial charge in [-0.15, -0.1) is 10.2 Å². The fourth-order valence-corrected chi connectivity index (χ4v) is 4.21. The number of anilines is 1. The average molecular weight is 498 g/mol. The molecule has 5 rings (SSSR count). The lowest BCUT2D eigenvalue weighted by Gasteiger charge is -2.09. The number of aromatic nitrogens is 5. The number of hydrogen-bond acceptors (Lipinski definition) is 6. The van der Waals surface area contributed by atoms with E-state index in [1.807, 2.05) is 30.3 Å². The number of ether oxygens (including phenoxy) is 1. The van der Waals surface area contributed by atoms with Crippen molar-refractivity contribution < 1.29 is 22.7 Å². The van der Waals surface area contributed by atoms with E-state index in [2.05, 4.69) is 20.6 Å². The van der Waals surface area contributed by atoms with E-state index in [-0.39, 0.29) is 11.4 Å². The largest absolute Gasteiger partial charge is 0.497 e. The summed E-state index contributed by atoms with van der Waals surface area (Å²) in [7, 11) is 1.60. The van der Waals surface area contributed by atoms with Crippen LogP contribution in [0.4, 0.5) is 18.9 Å². The van der Waals surface area contributed by atoms with Crippen LogP contribution >= 0.6 is 11.8 Å². The van der Waals surface area contributed by atoms with Crippen LogP contribution in [0.3, 0.4) is 0 Å². The molecule has 178 valence electrons. The van der Waals surface area contributed by atoms with Crippen molar-refractivity contribution in [3.8, 4) is 17.0 Å². The third-order valence-electron chi connectivity index (χ3n) is 5.18. The molecule has 3 aromatic heterocycles. The van der Waals surface area contributed by atoms with Gasteiger partial charge in [0.2, 0.25) is 5.91 Å². The van der Waals surface area contributed by atoms with Gasteiger partial charge >= 0.3 is 6.18 Å². The first-order valence-electron chi connectivity index (χ1n) is 10.3. The Labute approximate surface area is 200 Å². The molecule has 0 unspecified atom stereocenters. The number of benzene rings is 2. The van der Waals surface area contributed by atoms with E-state index >= 15 is 0 Å². The van der Waals surface area contributed by atoms with Gasteiger partial charge in [-0.25, -0.2) is 4.52 Å². The minimum atomic E-state index is -4.48. The number of fused-ring (bicyclic) bond motifs is 3. The second kappa shape index (κ2) is 8.95. The van der Waals surface area contributed by atoms with Crippen molar-refractivity contribution in [3.05, 3.63) is 72.6 Å². The van der Waals surface area contributed by atoms with Crippen LogP contribution in [0.15, 0.2) is 72.1 Å². The Morgan fingerprint density at radius 3 is 2.63 bits per heavy atom. The summed E-state index contributed by atoms with van der Waals surface area (Å²) >= 11 is 1.12. The molecule has 3 heterocycles. The van der Waals surface area contributed by atoms with Crippen LogP contribution in [0.2, 0.25) is 0 Å². The molecular formula is C23H17F3N6O2S. The fourth-order valence-electron chi connectivity index (χ4n) is 3.49. The average Bonchev–Trinajstić information content (AvgIpc) is 3.46. The van der Waals surface area contributed by atoms with Gasteiger partial charge in [-0.05, 0) is 48.5 Å². The van der Waals surface area contributed by atoms with Gasteiger partial charge in [0, 0.05) is 23.6 Å². The smallest absolute Gasteiger partial charge is 0.416 e. The zero-order valence-electron chi connectivity index (χ0n) is 18.2. The molecule has 0 spiro atoms. The summed E-state index contributed by atoms with van der Waals surface area (Å²) in [6.45, 7) is 0. The van der Waals surface area contributed by atoms with Crippen LogP contribution in [0.5, 0.6) is 5.75 Å². The first kappa shape index (κ1) is 22.7. The Morgan fingerprint density at radius 1 is 1.09 bits per heavy atom. The predicted molar refractivity (Wildman–Crippen MR) is 125 cm³/mol. The Morgan fingerprint density at radius 2 is 1.89 bits per heavy atom. The molecule has 35 heavy (non-hydrogen) atoms. The molecule has 0 saturated heterocycles. The SMILES string of the molecule is COc1ccc(-c2cc3c4nnc(SCC(=O)Nc5cccc(C(F)(F)F)c5)n4ccn3n2)cc1. The van der Waals surface area contributed by atoms with Gasteiger partial charge in [-0.3, -0.25) is 9.20 Å². The van der Waals surface area contributed by atoms with E-state index in [9.17, 15) is 18.0 Å². The van der Waals surface area contributed by atoms with Crippen LogP contribution in [0, 0.1) is 0 Å². The molecule has 0 radical (unpaired) electrons. The van der Waals surface area contributed by atoms with E-state index < -0.39 is 17.6 Å². The van der Waals surface area contributed by atoms with Crippen molar-refractivity contribution in [1.82, 2.24) is 24.2 Å². The van der Waals surface area contributed by atoms with Crippen LogP contribution in [0.25, 0.3) is 22.4 Å². The van der Waals surface area contributed by atoms with Gasteiger partial charge in [0.05, 0.1) is 24.1 Å². The summed E-state index contributed by atoms with van der Waals surface area (Å²) < 4.78 is 47.3. The van der Waals surface area contributed by atoms with E-state index in [1.54, 1.807) is 28.4 Å². The molecule has 5 aromatic rings. The number of rotatable bonds is 6. The zero-order chi connectivity index (χ0) is 24.6. The maximum Gasteiger partial charge on any atom is 0.416 e. The standard InChI is InChI=1S/C23H17F3N6O2S/c1-34-17-7-5-14(6-8-17)18-12-19-21-28-29-22(31(21)9-10-32(19)30-18)35-13-20(33)27-16-4-2-3-15(11-16)23(24,25)26/h2-12H,13H2,1H3,(H,27,33). The molecule has 1 N–H and O–H groups in total. The number of alkyl halides is 3. The summed E-state index contributed by atoms with van der Waals surface area (Å²) in [6, 6.07) is 13.9. The number of methoxy groups -OCH3 is 1. The fraction of sp³-hybridized carbons (Fsp3) is 0.130. The molecule has 0 bridgehead atoms. The molecule has 0 aliphatic heterocycles. The van der Waals surface area contributed by atoms with Crippen molar-refractivity contribution in [2.45, 2.75) is 11.3 Å². The van der Waals surface area contributed by atoms with Crippen molar-refractivity contribution in [2.75, 3.05) is 18.2 Å². The summed E-state index contributed by atoms with van der Waals surface area (Å²) in [5.74, 6) is 0.230. The Kier molecular flexibility index (Phi) is 5.81. The Hall–Kier alpha value is -4.06. The molecule has 8 nitrogen and oxygen atoms in total. The molecule has 0 atom stereocenters. The van der Waals surface area contributed by atoms with Crippen LogP contribution < -0.4 is 10.1 Å². The highest BCUT2D eigenvalue weighted by molar-refractivity contribution is 7.99. The lowest BCUT2D eigenvalue weighted by atomic mass is 10.1. The van der Waals surface area contributed by atoms with Gasteiger partial charge in [-0.1, -0.05) is 17.8 Å². The highest BCUT2D eigenvalue weighted by atomic mass is 32.2. The molecule has 0 aliphatic carbocycles. The van der Waals surface area contributed by atoms with Crippen LogP contribution in [-0.2, 0) is 11.0 Å². The van der Waals surface area contributed by atoms with Gasteiger partial charge in [-0.2, -0.15) is 18.3 Å². The number of amides is 1. The zero-order valence-corrected chi connectivity index (χ0v) is 19.0. The molecule has 0 fully saturated rings. The summed E-state index contributed by atoms with van der Waals surface area (Å²) in [5, 5.41) is 15.9. The van der Waals surface area contributed by atoms with Gasteiger partial charge in [0.1, 0.15) is 11.3 Å². The lowest BCUT2D eigenvalue weighted by Crippen LogP contribution is -2.15. The summed E-state index contributed by atoms with van der Waals surface area (Å²) in [6.07, 6.45) is -0.992. The first-order chi connectivity index (χ1) is 16.8. The third-order valence-corrected chi connectivity index (χ3v) is 6.12. The topological polar surface area (TPSA) is 85.8 Å². The Balaban J connectivity index is 1.32. The van der Waals surface area contributed by atoms with Crippen molar-refractivity contribution in [3.63, 3.8) is 0 Å². The van der Waals surface area contributed by atoms with Crippen molar-refractivity contribution >= 4 is 34.5 Å². The molecule has 0 aliphatic rings. The molecule has 2 aromatic carbocycles. The Bertz CT molecular complexity index is 1530. The minimum Gasteiger partial charge on any atom is -0.497 e. The second-order valence-corrected chi connectivity index (χ2v) is 8.42. The van der Waals surface area contributed by atoms with Crippen LogP contribution in [0.1, 0.15) is 5.56 Å². The van der Waals surface area contributed by atoms with E-state index in [0.717, 1.165) is 46.4 Å². The monoisotopic (exact) mass is 498 g/mol. The van der Waals surface area contributed by atoms with Crippen LogP contribution in [-0.4, -0.2) is 43.0 Å². The number of nitrogens with one attached hydrogen (secondary N) is 1. The minimum absolute atomic E-state index is 0.0570. The molecule has 0 saturated carbocycles. The molecule has 12 heteroatoms. The highest BCUT2D eigenvalue weighted by Crippen LogP contribution is 2.31. The van der Waals surface area contributed by atoms with Gasteiger partial charge in [0.15, 0.2) is 10.8 Å². The normalized spacial score (nSPS) is 11.8. The quantitative estimate of drug-likeness (QED) is 0.339. The number of nitrogens with zero attached hydrogens (tertiary/aromatic N) is 5.